The van der Waals surface area contributed by atoms with Gasteiger partial charge >= 0.3 is 0 Å². The normalized spacial score (nSPS) is 22.4. The zero-order valence-electron chi connectivity index (χ0n) is 11.6. The molecule has 1 aromatic rings. The third-order valence-electron chi connectivity index (χ3n) is 3.17. The van der Waals surface area contributed by atoms with Gasteiger partial charge in [0.05, 0.1) is 13.2 Å². The zero-order chi connectivity index (χ0) is 15.5. The summed E-state index contributed by atoms with van der Waals surface area (Å²) in [6.45, 7) is 2.62. The molecule has 0 amide bonds. The van der Waals surface area contributed by atoms with Gasteiger partial charge in [0.2, 0.25) is 10.0 Å². The first-order valence-electron chi connectivity index (χ1n) is 6.58. The van der Waals surface area contributed by atoms with Gasteiger partial charge in [0.15, 0.2) is 0 Å². The minimum atomic E-state index is -3.78. The first-order chi connectivity index (χ1) is 9.86. The van der Waals surface area contributed by atoms with Crippen LogP contribution < -0.4 is 9.46 Å². The van der Waals surface area contributed by atoms with Gasteiger partial charge in [0.25, 0.3) is 0 Å². The van der Waals surface area contributed by atoms with Crippen molar-refractivity contribution in [2.24, 2.45) is 0 Å². The second-order valence-corrected chi connectivity index (χ2v) is 7.53. The van der Waals surface area contributed by atoms with Crippen LogP contribution in [0.1, 0.15) is 13.3 Å². The standard InChI is InChI=1S/C13H18BrNO5S/c1-2-20-11-4-3-10(14)7-12(11)21(17,18)15-8-13(16)5-6-19-9-13/h3-4,7,15-16H,2,5-6,8-9H2,1H3. The Morgan fingerprint density at radius 1 is 1.52 bits per heavy atom. The van der Waals surface area contributed by atoms with Gasteiger partial charge in [-0.1, -0.05) is 15.9 Å². The molecule has 2 N–H and O–H groups in total. The SMILES string of the molecule is CCOc1ccc(Br)cc1S(=O)(=O)NCC1(O)CCOC1. The van der Waals surface area contributed by atoms with Gasteiger partial charge in [0, 0.05) is 24.0 Å². The third kappa shape index (κ3) is 4.17. The van der Waals surface area contributed by atoms with E-state index in [1.165, 1.54) is 6.07 Å². The van der Waals surface area contributed by atoms with Crippen LogP contribution in [0.25, 0.3) is 0 Å². The Labute approximate surface area is 132 Å². The summed E-state index contributed by atoms with van der Waals surface area (Å²) in [7, 11) is -3.78. The van der Waals surface area contributed by atoms with Crippen LogP contribution >= 0.6 is 15.9 Å². The maximum atomic E-state index is 12.4. The van der Waals surface area contributed by atoms with E-state index >= 15 is 0 Å². The van der Waals surface area contributed by atoms with Gasteiger partial charge < -0.3 is 14.6 Å². The van der Waals surface area contributed by atoms with Crippen molar-refractivity contribution >= 4 is 26.0 Å². The fourth-order valence-corrected chi connectivity index (χ4v) is 3.81. The van der Waals surface area contributed by atoms with Gasteiger partial charge in [0.1, 0.15) is 16.2 Å². The molecule has 1 heterocycles. The summed E-state index contributed by atoms with van der Waals surface area (Å²) >= 11 is 3.25. The van der Waals surface area contributed by atoms with Crippen LogP contribution in [0.5, 0.6) is 5.75 Å². The van der Waals surface area contributed by atoms with Crippen LogP contribution in [0.3, 0.4) is 0 Å². The highest BCUT2D eigenvalue weighted by Gasteiger charge is 2.34. The van der Waals surface area contributed by atoms with E-state index in [0.717, 1.165) is 0 Å². The molecule has 1 aromatic carbocycles. The van der Waals surface area contributed by atoms with Crippen LogP contribution in [-0.2, 0) is 14.8 Å². The Morgan fingerprint density at radius 3 is 2.90 bits per heavy atom. The Balaban J connectivity index is 2.20. The van der Waals surface area contributed by atoms with E-state index in [0.29, 0.717) is 24.1 Å². The van der Waals surface area contributed by atoms with Crippen molar-refractivity contribution < 1.29 is 23.0 Å². The van der Waals surface area contributed by atoms with E-state index in [1.54, 1.807) is 19.1 Å². The number of halogens is 1. The van der Waals surface area contributed by atoms with Crippen molar-refractivity contribution in [2.75, 3.05) is 26.4 Å². The minimum absolute atomic E-state index is 0.0428. The number of hydrogen-bond donors (Lipinski definition) is 2. The van der Waals surface area contributed by atoms with Gasteiger partial charge in [-0.25, -0.2) is 13.1 Å². The Hall–Kier alpha value is -0.670. The summed E-state index contributed by atoms with van der Waals surface area (Å²) in [6, 6.07) is 4.78. The van der Waals surface area contributed by atoms with Gasteiger partial charge in [-0.15, -0.1) is 0 Å². The highest BCUT2D eigenvalue weighted by Crippen LogP contribution is 2.28. The van der Waals surface area contributed by atoms with Gasteiger partial charge in [-0.05, 0) is 25.1 Å². The molecule has 0 aromatic heterocycles. The Morgan fingerprint density at radius 2 is 2.29 bits per heavy atom. The van der Waals surface area contributed by atoms with Gasteiger partial charge in [-0.2, -0.15) is 0 Å². The first-order valence-corrected chi connectivity index (χ1v) is 8.86. The number of rotatable bonds is 6. The lowest BCUT2D eigenvalue weighted by Crippen LogP contribution is -2.43. The highest BCUT2D eigenvalue weighted by molar-refractivity contribution is 9.10. The lowest BCUT2D eigenvalue weighted by atomic mass is 10.1. The van der Waals surface area contributed by atoms with Crippen LogP contribution in [0.2, 0.25) is 0 Å². The number of aliphatic hydroxyl groups is 1. The molecule has 1 aliphatic rings. The van der Waals surface area contributed by atoms with Crippen molar-refractivity contribution in [1.82, 2.24) is 4.72 Å². The summed E-state index contributed by atoms with van der Waals surface area (Å²) < 4.78 is 38.3. The van der Waals surface area contributed by atoms with E-state index in [1.807, 2.05) is 0 Å². The van der Waals surface area contributed by atoms with Crippen LogP contribution in [0.4, 0.5) is 0 Å². The molecule has 0 radical (unpaired) electrons. The third-order valence-corrected chi connectivity index (χ3v) is 5.08. The van der Waals surface area contributed by atoms with Crippen LogP contribution in [0, 0.1) is 0 Å². The topological polar surface area (TPSA) is 84.9 Å². The molecule has 118 valence electrons. The molecule has 0 saturated carbocycles. The number of nitrogens with one attached hydrogen (secondary N) is 1. The molecule has 8 heteroatoms. The fraction of sp³-hybridized carbons (Fsp3) is 0.538. The van der Waals surface area contributed by atoms with Crippen molar-refractivity contribution in [2.45, 2.75) is 23.8 Å². The monoisotopic (exact) mass is 379 g/mol. The fourth-order valence-electron chi connectivity index (χ4n) is 2.01. The molecular formula is C13H18BrNO5S. The second kappa shape index (κ2) is 6.62. The van der Waals surface area contributed by atoms with Crippen molar-refractivity contribution in [3.05, 3.63) is 22.7 Å². The first kappa shape index (κ1) is 16.7. The summed E-state index contributed by atoms with van der Waals surface area (Å²) in [5.74, 6) is 0.280. The maximum Gasteiger partial charge on any atom is 0.244 e. The molecular weight excluding hydrogens is 362 g/mol. The van der Waals surface area contributed by atoms with Crippen molar-refractivity contribution in [1.29, 1.82) is 0 Å². The molecule has 1 saturated heterocycles. The number of ether oxygens (including phenoxy) is 2. The molecule has 0 aliphatic carbocycles. The second-order valence-electron chi connectivity index (χ2n) is 4.88. The van der Waals surface area contributed by atoms with Crippen molar-refractivity contribution in [3.8, 4) is 5.75 Å². The molecule has 0 spiro atoms. The van der Waals surface area contributed by atoms with E-state index in [9.17, 15) is 13.5 Å². The van der Waals surface area contributed by atoms with Crippen molar-refractivity contribution in [3.63, 3.8) is 0 Å². The molecule has 0 bridgehead atoms. The Bertz CT molecular complexity index is 599. The highest BCUT2D eigenvalue weighted by atomic mass is 79.9. The average Bonchev–Trinajstić information content (AvgIpc) is 2.87. The molecule has 1 fully saturated rings. The van der Waals surface area contributed by atoms with E-state index in [2.05, 4.69) is 20.7 Å². The summed E-state index contributed by atoms with van der Waals surface area (Å²) in [5, 5.41) is 10.1. The summed E-state index contributed by atoms with van der Waals surface area (Å²) in [6.07, 6.45) is 0.409. The molecule has 1 unspecified atom stereocenters. The van der Waals surface area contributed by atoms with Crippen LogP contribution in [0.15, 0.2) is 27.6 Å². The van der Waals surface area contributed by atoms with Crippen LogP contribution in [-0.4, -0.2) is 45.5 Å². The average molecular weight is 380 g/mol. The number of hydrogen-bond acceptors (Lipinski definition) is 5. The molecule has 1 aliphatic heterocycles. The van der Waals surface area contributed by atoms with Gasteiger partial charge in [-0.3, -0.25) is 0 Å². The minimum Gasteiger partial charge on any atom is -0.492 e. The quantitative estimate of drug-likeness (QED) is 0.777. The zero-order valence-corrected chi connectivity index (χ0v) is 14.0. The number of sulfonamides is 1. The van der Waals surface area contributed by atoms with E-state index in [4.69, 9.17) is 9.47 Å². The Kier molecular flexibility index (Phi) is 5.26. The van der Waals surface area contributed by atoms with E-state index < -0.39 is 15.6 Å². The lowest BCUT2D eigenvalue weighted by molar-refractivity contribution is 0.0314. The predicted molar refractivity (Wildman–Crippen MR) is 80.9 cm³/mol. The van der Waals surface area contributed by atoms with E-state index in [-0.39, 0.29) is 23.8 Å². The molecule has 1 atom stereocenters. The summed E-state index contributed by atoms with van der Waals surface area (Å²) in [4.78, 5) is 0.0428. The maximum absolute atomic E-state index is 12.4. The smallest absolute Gasteiger partial charge is 0.244 e. The summed E-state index contributed by atoms with van der Waals surface area (Å²) in [5.41, 5.74) is -1.15. The number of benzene rings is 1. The molecule has 21 heavy (non-hydrogen) atoms. The largest absolute Gasteiger partial charge is 0.492 e. The predicted octanol–water partition coefficient (Wildman–Crippen LogP) is 1.28. The molecule has 2 rings (SSSR count). The molecule has 6 nitrogen and oxygen atoms in total. The lowest BCUT2D eigenvalue weighted by Gasteiger charge is -2.21.